The van der Waals surface area contributed by atoms with E-state index in [1.54, 1.807) is 26.6 Å². The smallest absolute Gasteiger partial charge is 0.135 e. The molecule has 3 heterocycles. The number of amidine groups is 1. The third-order valence-corrected chi connectivity index (χ3v) is 5.57. The van der Waals surface area contributed by atoms with Gasteiger partial charge in [0.25, 0.3) is 0 Å². The fourth-order valence-corrected chi connectivity index (χ4v) is 4.11. The second kappa shape index (κ2) is 7.92. The topological polar surface area (TPSA) is 91.6 Å². The van der Waals surface area contributed by atoms with Gasteiger partial charge in [-0.2, -0.15) is 0 Å². The largest absolute Gasteiger partial charge is 0.510 e. The van der Waals surface area contributed by atoms with Crippen molar-refractivity contribution in [3.05, 3.63) is 64.4 Å². The number of ether oxygens (including phenoxy) is 2. The zero-order valence-corrected chi connectivity index (χ0v) is 16.9. The lowest BCUT2D eigenvalue weighted by Crippen LogP contribution is -2.26. The van der Waals surface area contributed by atoms with Gasteiger partial charge in [0.1, 0.15) is 28.1 Å². The van der Waals surface area contributed by atoms with Gasteiger partial charge < -0.3 is 19.5 Å². The second-order valence-corrected chi connectivity index (χ2v) is 7.34. The summed E-state index contributed by atoms with van der Waals surface area (Å²) in [4.78, 5) is 10.5. The van der Waals surface area contributed by atoms with E-state index in [2.05, 4.69) is 9.97 Å². The number of nitrogens with zero attached hydrogens (tertiary/aromatic N) is 3. The highest BCUT2D eigenvalue weighted by Gasteiger charge is 2.30. The molecule has 0 radical (unpaired) electrons. The molecular formula is C21H20N4O3S. The van der Waals surface area contributed by atoms with Crippen molar-refractivity contribution in [3.63, 3.8) is 0 Å². The Balaban J connectivity index is 1.61. The third-order valence-electron chi connectivity index (χ3n) is 4.71. The van der Waals surface area contributed by atoms with Crippen LogP contribution in [0.15, 0.2) is 53.9 Å². The van der Waals surface area contributed by atoms with E-state index < -0.39 is 0 Å². The van der Waals surface area contributed by atoms with Gasteiger partial charge in [0.05, 0.1) is 32.0 Å². The van der Waals surface area contributed by atoms with Gasteiger partial charge in [-0.1, -0.05) is 0 Å². The Hall–Kier alpha value is -3.39. The number of aliphatic hydroxyl groups excluding tert-OH is 1. The Labute approximate surface area is 172 Å². The van der Waals surface area contributed by atoms with Gasteiger partial charge in [-0.25, -0.2) is 4.98 Å². The first-order valence-electron chi connectivity index (χ1n) is 8.94. The van der Waals surface area contributed by atoms with Crippen molar-refractivity contribution >= 4 is 22.7 Å². The van der Waals surface area contributed by atoms with Crippen LogP contribution in [-0.4, -0.2) is 46.6 Å². The lowest BCUT2D eigenvalue weighted by atomic mass is 10.1. The van der Waals surface area contributed by atoms with E-state index in [1.165, 1.54) is 11.3 Å². The first-order chi connectivity index (χ1) is 14.1. The van der Waals surface area contributed by atoms with Crippen molar-refractivity contribution in [1.29, 1.82) is 5.41 Å². The molecule has 1 aliphatic rings. The summed E-state index contributed by atoms with van der Waals surface area (Å²) in [5, 5.41) is 21.6. The summed E-state index contributed by atoms with van der Waals surface area (Å²) in [7, 11) is 3.22. The number of hydrogen-bond acceptors (Lipinski definition) is 7. The standard InChI is InChI=1S/C21H20N4O3S/c1-27-14-3-4-18(28-2)15(9-14)16-12-29-21(24-16)19-17(26)11-25(20(19)22)10-13-5-7-23-8-6-13/h3-9,12,22,26H,10-11H2,1-2H3. The van der Waals surface area contributed by atoms with Gasteiger partial charge in [0, 0.05) is 29.9 Å². The lowest BCUT2D eigenvalue weighted by Gasteiger charge is -2.18. The van der Waals surface area contributed by atoms with Gasteiger partial charge >= 0.3 is 0 Å². The van der Waals surface area contributed by atoms with E-state index in [9.17, 15) is 5.11 Å². The molecule has 2 N–H and O–H groups in total. The fourth-order valence-electron chi connectivity index (χ4n) is 3.23. The van der Waals surface area contributed by atoms with Crippen molar-refractivity contribution < 1.29 is 14.6 Å². The molecule has 0 atom stereocenters. The molecule has 4 rings (SSSR count). The molecule has 0 saturated carbocycles. The van der Waals surface area contributed by atoms with Gasteiger partial charge in [-0.05, 0) is 35.9 Å². The summed E-state index contributed by atoms with van der Waals surface area (Å²) in [6, 6.07) is 9.32. The van der Waals surface area contributed by atoms with Crippen LogP contribution in [0.3, 0.4) is 0 Å². The Morgan fingerprint density at radius 2 is 1.97 bits per heavy atom. The Kier molecular flexibility index (Phi) is 5.18. The molecule has 8 heteroatoms. The monoisotopic (exact) mass is 408 g/mol. The SMILES string of the molecule is COc1ccc(OC)c(-c2csc(C3=C(O)CN(Cc4ccncc4)C3=N)n2)c1. The summed E-state index contributed by atoms with van der Waals surface area (Å²) in [5.74, 6) is 1.80. The maximum atomic E-state index is 10.5. The van der Waals surface area contributed by atoms with Crippen LogP contribution >= 0.6 is 11.3 Å². The van der Waals surface area contributed by atoms with Crippen LogP contribution in [0.5, 0.6) is 11.5 Å². The zero-order chi connectivity index (χ0) is 20.4. The molecule has 1 aromatic carbocycles. The summed E-state index contributed by atoms with van der Waals surface area (Å²) in [6.45, 7) is 0.810. The highest BCUT2D eigenvalue weighted by atomic mass is 32.1. The number of nitrogens with one attached hydrogen (secondary N) is 1. The first kappa shape index (κ1) is 18.9. The predicted octanol–water partition coefficient (Wildman–Crippen LogP) is 3.98. The second-order valence-electron chi connectivity index (χ2n) is 6.49. The average Bonchev–Trinajstić information content (AvgIpc) is 3.32. The minimum Gasteiger partial charge on any atom is -0.510 e. The summed E-state index contributed by atoms with van der Waals surface area (Å²) >= 11 is 1.39. The number of rotatable bonds is 6. The van der Waals surface area contributed by atoms with E-state index >= 15 is 0 Å². The lowest BCUT2D eigenvalue weighted by molar-refractivity contribution is 0.347. The van der Waals surface area contributed by atoms with Crippen LogP contribution in [0, 0.1) is 5.41 Å². The van der Waals surface area contributed by atoms with Gasteiger partial charge in [-0.3, -0.25) is 10.4 Å². The van der Waals surface area contributed by atoms with E-state index in [-0.39, 0.29) is 18.1 Å². The van der Waals surface area contributed by atoms with Crippen molar-refractivity contribution in [2.24, 2.45) is 0 Å². The van der Waals surface area contributed by atoms with E-state index in [1.807, 2.05) is 40.6 Å². The molecule has 148 valence electrons. The van der Waals surface area contributed by atoms with Crippen LogP contribution in [0.25, 0.3) is 16.8 Å². The molecule has 1 aliphatic heterocycles. The maximum Gasteiger partial charge on any atom is 0.135 e. The first-order valence-corrected chi connectivity index (χ1v) is 9.82. The van der Waals surface area contributed by atoms with Gasteiger partial charge in [-0.15, -0.1) is 11.3 Å². The number of aromatic nitrogens is 2. The van der Waals surface area contributed by atoms with E-state index in [4.69, 9.17) is 14.9 Å². The van der Waals surface area contributed by atoms with Gasteiger partial charge in [0.15, 0.2) is 0 Å². The Bertz CT molecular complexity index is 1080. The van der Waals surface area contributed by atoms with E-state index in [0.29, 0.717) is 34.3 Å². The van der Waals surface area contributed by atoms with Crippen molar-refractivity contribution in [3.8, 4) is 22.8 Å². The van der Waals surface area contributed by atoms with Crippen molar-refractivity contribution in [1.82, 2.24) is 14.9 Å². The molecule has 0 fully saturated rings. The number of thiazole rings is 1. The molecule has 0 aliphatic carbocycles. The third kappa shape index (κ3) is 3.66. The summed E-state index contributed by atoms with van der Waals surface area (Å²) < 4.78 is 10.8. The normalized spacial score (nSPS) is 13.9. The zero-order valence-electron chi connectivity index (χ0n) is 16.0. The highest BCUT2D eigenvalue weighted by molar-refractivity contribution is 7.11. The van der Waals surface area contributed by atoms with Crippen LogP contribution in [0.4, 0.5) is 0 Å². The number of pyridine rings is 1. The minimum atomic E-state index is 0.155. The molecule has 0 bridgehead atoms. The highest BCUT2D eigenvalue weighted by Crippen LogP contribution is 2.37. The number of hydrogen-bond donors (Lipinski definition) is 2. The molecule has 3 aromatic rings. The molecule has 0 unspecified atom stereocenters. The number of methoxy groups -OCH3 is 2. The predicted molar refractivity (Wildman–Crippen MR) is 113 cm³/mol. The van der Waals surface area contributed by atoms with Crippen molar-refractivity contribution in [2.75, 3.05) is 20.8 Å². The van der Waals surface area contributed by atoms with Crippen LogP contribution < -0.4 is 9.47 Å². The van der Waals surface area contributed by atoms with Gasteiger partial charge in [0.2, 0.25) is 0 Å². The average molecular weight is 408 g/mol. The van der Waals surface area contributed by atoms with Crippen LogP contribution in [0.1, 0.15) is 10.6 Å². The minimum absolute atomic E-state index is 0.155. The van der Waals surface area contributed by atoms with E-state index in [0.717, 1.165) is 11.1 Å². The summed E-state index contributed by atoms with van der Waals surface area (Å²) in [6.07, 6.45) is 3.44. The molecule has 7 nitrogen and oxygen atoms in total. The molecular weight excluding hydrogens is 388 g/mol. The molecule has 29 heavy (non-hydrogen) atoms. The molecule has 0 amide bonds. The molecule has 0 saturated heterocycles. The Morgan fingerprint density at radius 3 is 2.69 bits per heavy atom. The van der Waals surface area contributed by atoms with Crippen LogP contribution in [-0.2, 0) is 6.54 Å². The fraction of sp³-hybridized carbons (Fsp3) is 0.190. The summed E-state index contributed by atoms with van der Waals surface area (Å²) in [5.41, 5.74) is 3.01. The molecule has 2 aromatic heterocycles. The maximum absolute atomic E-state index is 10.5. The number of benzene rings is 1. The van der Waals surface area contributed by atoms with Crippen molar-refractivity contribution in [2.45, 2.75) is 6.54 Å². The quantitative estimate of drug-likeness (QED) is 0.641. The number of aliphatic hydroxyl groups is 1. The molecule has 0 spiro atoms. The Morgan fingerprint density at radius 1 is 1.17 bits per heavy atom. The van der Waals surface area contributed by atoms with Crippen LogP contribution in [0.2, 0.25) is 0 Å².